The molecule has 0 spiro atoms. The monoisotopic (exact) mass is 372 g/mol. The molecule has 2 aromatic rings. The van der Waals surface area contributed by atoms with Gasteiger partial charge in [-0.1, -0.05) is 37.3 Å². The fraction of sp³-hybridized carbons (Fsp3) is 0.400. The Hall–Kier alpha value is -2.18. The number of benzene rings is 1. The van der Waals surface area contributed by atoms with Crippen LogP contribution in [0.3, 0.4) is 0 Å². The zero-order valence-electron chi connectivity index (χ0n) is 15.2. The van der Waals surface area contributed by atoms with Crippen molar-refractivity contribution in [2.75, 3.05) is 11.9 Å². The predicted octanol–water partition coefficient (Wildman–Crippen LogP) is 2.23. The summed E-state index contributed by atoms with van der Waals surface area (Å²) in [6.45, 7) is 4.58. The van der Waals surface area contributed by atoms with E-state index in [4.69, 9.17) is 5.73 Å². The Morgan fingerprint density at radius 2 is 2.08 bits per heavy atom. The summed E-state index contributed by atoms with van der Waals surface area (Å²) < 4.78 is 0. The molecule has 0 bridgehead atoms. The van der Waals surface area contributed by atoms with Crippen LogP contribution in [0.5, 0.6) is 0 Å². The number of fused-ring (bicyclic) bond motifs is 1. The fourth-order valence-electron chi connectivity index (χ4n) is 3.45. The number of hydrogen-bond donors (Lipinski definition) is 3. The van der Waals surface area contributed by atoms with Crippen LogP contribution in [-0.2, 0) is 17.6 Å². The summed E-state index contributed by atoms with van der Waals surface area (Å²) in [4.78, 5) is 25.5. The Morgan fingerprint density at radius 3 is 2.77 bits per heavy atom. The molecular weight excluding hydrogens is 346 g/mol. The molecule has 1 aliphatic carbocycles. The maximum Gasteiger partial charge on any atom is 0.280 e. The first-order valence-electron chi connectivity index (χ1n) is 9.08. The molecule has 1 aromatic heterocycles. The predicted molar refractivity (Wildman–Crippen MR) is 104 cm³/mol. The lowest BCUT2D eigenvalue weighted by Crippen LogP contribution is -2.86. The van der Waals surface area contributed by atoms with E-state index in [1.807, 2.05) is 23.5 Å². The SMILES string of the molecule is C[C@H]1CCc2c(sc(NC(=O)C[NH2+][C@H](C)c3ccccc3)c2C(N)=O)C1. The fourth-order valence-corrected chi connectivity index (χ4v) is 4.89. The highest BCUT2D eigenvalue weighted by Crippen LogP contribution is 2.39. The van der Waals surface area contributed by atoms with Crippen molar-refractivity contribution < 1.29 is 14.9 Å². The molecule has 3 rings (SSSR count). The van der Waals surface area contributed by atoms with E-state index >= 15 is 0 Å². The van der Waals surface area contributed by atoms with Gasteiger partial charge in [0.25, 0.3) is 11.8 Å². The molecule has 0 radical (unpaired) electrons. The van der Waals surface area contributed by atoms with Gasteiger partial charge in [-0.25, -0.2) is 0 Å². The zero-order valence-corrected chi connectivity index (χ0v) is 16.1. The van der Waals surface area contributed by atoms with Crippen LogP contribution in [0.25, 0.3) is 0 Å². The van der Waals surface area contributed by atoms with Crippen molar-refractivity contribution in [3.8, 4) is 0 Å². The minimum atomic E-state index is -0.450. The van der Waals surface area contributed by atoms with Gasteiger partial charge < -0.3 is 16.4 Å². The van der Waals surface area contributed by atoms with Crippen LogP contribution < -0.4 is 16.4 Å². The van der Waals surface area contributed by atoms with Crippen molar-refractivity contribution in [1.29, 1.82) is 0 Å². The van der Waals surface area contributed by atoms with E-state index in [2.05, 4.69) is 31.3 Å². The highest BCUT2D eigenvalue weighted by Gasteiger charge is 2.27. The van der Waals surface area contributed by atoms with Crippen LogP contribution in [0.1, 0.15) is 52.7 Å². The van der Waals surface area contributed by atoms with Crippen molar-refractivity contribution in [2.24, 2.45) is 11.7 Å². The highest BCUT2D eigenvalue weighted by molar-refractivity contribution is 7.17. The largest absolute Gasteiger partial charge is 0.365 e. The van der Waals surface area contributed by atoms with Crippen LogP contribution >= 0.6 is 11.3 Å². The molecule has 26 heavy (non-hydrogen) atoms. The van der Waals surface area contributed by atoms with Gasteiger partial charge in [0.1, 0.15) is 11.0 Å². The lowest BCUT2D eigenvalue weighted by molar-refractivity contribution is -0.682. The number of rotatable bonds is 6. The molecule has 0 saturated carbocycles. The first-order valence-corrected chi connectivity index (χ1v) is 9.89. The quantitative estimate of drug-likeness (QED) is 0.726. The number of nitrogens with one attached hydrogen (secondary N) is 1. The van der Waals surface area contributed by atoms with Crippen LogP contribution in [0.2, 0.25) is 0 Å². The van der Waals surface area contributed by atoms with Crippen molar-refractivity contribution in [2.45, 2.75) is 39.2 Å². The standard InChI is InChI=1S/C20H25N3O2S/c1-12-8-9-15-16(10-12)26-20(18(15)19(21)25)23-17(24)11-22-13(2)14-6-4-3-5-7-14/h3-7,12-13,22H,8-11H2,1-2H3,(H2,21,25)(H,23,24)/p+1/t12-,13+/m0/s1. The molecule has 138 valence electrons. The zero-order chi connectivity index (χ0) is 18.7. The van der Waals surface area contributed by atoms with Gasteiger partial charge in [0.2, 0.25) is 0 Å². The number of nitrogens with two attached hydrogens (primary N) is 2. The molecule has 2 atom stereocenters. The maximum atomic E-state index is 12.4. The molecule has 0 unspecified atom stereocenters. The lowest BCUT2D eigenvalue weighted by atomic mass is 9.88. The van der Waals surface area contributed by atoms with Gasteiger partial charge in [0.15, 0.2) is 6.54 Å². The molecule has 5 N–H and O–H groups in total. The Balaban J connectivity index is 1.67. The molecule has 6 heteroatoms. The highest BCUT2D eigenvalue weighted by atomic mass is 32.1. The van der Waals surface area contributed by atoms with Gasteiger partial charge in [-0.05, 0) is 37.7 Å². The van der Waals surface area contributed by atoms with Crippen LogP contribution in [0.4, 0.5) is 5.00 Å². The number of carbonyl (C=O) groups excluding carboxylic acids is 2. The van der Waals surface area contributed by atoms with Crippen molar-refractivity contribution in [3.63, 3.8) is 0 Å². The van der Waals surface area contributed by atoms with E-state index in [1.165, 1.54) is 21.8 Å². The average Bonchev–Trinajstić information content (AvgIpc) is 2.97. The van der Waals surface area contributed by atoms with E-state index in [1.54, 1.807) is 0 Å². The normalized spacial score (nSPS) is 17.4. The number of hydrogen-bond acceptors (Lipinski definition) is 3. The summed E-state index contributed by atoms with van der Waals surface area (Å²) in [6.07, 6.45) is 2.87. The minimum Gasteiger partial charge on any atom is -0.365 e. The molecule has 0 fully saturated rings. The van der Waals surface area contributed by atoms with Gasteiger partial charge in [-0.15, -0.1) is 11.3 Å². The smallest absolute Gasteiger partial charge is 0.280 e. The molecule has 1 heterocycles. The van der Waals surface area contributed by atoms with Crippen LogP contribution in [0, 0.1) is 5.92 Å². The Morgan fingerprint density at radius 1 is 1.35 bits per heavy atom. The molecule has 5 nitrogen and oxygen atoms in total. The minimum absolute atomic E-state index is 0.109. The summed E-state index contributed by atoms with van der Waals surface area (Å²) in [5.41, 5.74) is 8.33. The third-order valence-corrected chi connectivity index (χ3v) is 6.16. The van der Waals surface area contributed by atoms with Crippen molar-refractivity contribution in [1.82, 2.24) is 0 Å². The van der Waals surface area contributed by atoms with E-state index < -0.39 is 5.91 Å². The molecule has 0 aliphatic heterocycles. The van der Waals surface area contributed by atoms with E-state index in [0.29, 0.717) is 23.0 Å². The van der Waals surface area contributed by atoms with E-state index in [-0.39, 0.29) is 11.9 Å². The first kappa shape index (κ1) is 18.6. The lowest BCUT2D eigenvalue weighted by Gasteiger charge is -2.18. The summed E-state index contributed by atoms with van der Waals surface area (Å²) in [7, 11) is 0. The van der Waals surface area contributed by atoms with Gasteiger partial charge in [-0.2, -0.15) is 0 Å². The van der Waals surface area contributed by atoms with Gasteiger partial charge in [0.05, 0.1) is 5.56 Å². The van der Waals surface area contributed by atoms with Crippen LogP contribution in [-0.4, -0.2) is 18.4 Å². The average molecular weight is 373 g/mol. The number of anilines is 1. The molecule has 1 aromatic carbocycles. The summed E-state index contributed by atoms with van der Waals surface area (Å²) in [5.74, 6) is 0.0430. The number of primary amides is 1. The summed E-state index contributed by atoms with van der Waals surface area (Å²) in [6, 6.07) is 10.3. The van der Waals surface area contributed by atoms with E-state index in [9.17, 15) is 9.59 Å². The van der Waals surface area contributed by atoms with Gasteiger partial charge >= 0.3 is 0 Å². The number of quaternary nitrogens is 1. The number of carbonyl (C=O) groups is 2. The third-order valence-electron chi connectivity index (χ3n) is 4.99. The molecule has 2 amide bonds. The maximum absolute atomic E-state index is 12.4. The number of thiophene rings is 1. The second-order valence-corrected chi connectivity index (χ2v) is 8.21. The van der Waals surface area contributed by atoms with Gasteiger partial charge in [0, 0.05) is 10.4 Å². The van der Waals surface area contributed by atoms with Gasteiger partial charge in [-0.3, -0.25) is 9.59 Å². The Bertz CT molecular complexity index is 801. The second kappa shape index (κ2) is 8.01. The third kappa shape index (κ3) is 4.14. The molecular formula is C20H26N3O2S+. The Labute approximate surface area is 158 Å². The van der Waals surface area contributed by atoms with Crippen molar-refractivity contribution >= 4 is 28.2 Å². The van der Waals surface area contributed by atoms with Crippen LogP contribution in [0.15, 0.2) is 30.3 Å². The Kier molecular flexibility index (Phi) is 5.74. The molecule has 0 saturated heterocycles. The van der Waals surface area contributed by atoms with E-state index in [0.717, 1.165) is 24.8 Å². The second-order valence-electron chi connectivity index (χ2n) is 7.11. The number of amides is 2. The van der Waals surface area contributed by atoms with Crippen molar-refractivity contribution in [3.05, 3.63) is 51.9 Å². The first-order chi connectivity index (χ1) is 12.5. The molecule has 1 aliphatic rings. The summed E-state index contributed by atoms with van der Waals surface area (Å²) >= 11 is 1.51. The summed E-state index contributed by atoms with van der Waals surface area (Å²) in [5, 5.41) is 5.52. The topological polar surface area (TPSA) is 88.8 Å².